The van der Waals surface area contributed by atoms with Crippen molar-refractivity contribution in [3.63, 3.8) is 0 Å². The van der Waals surface area contributed by atoms with Crippen molar-refractivity contribution in [3.8, 4) is 0 Å². The van der Waals surface area contributed by atoms with Crippen molar-refractivity contribution >= 4 is 0 Å². The predicted octanol–water partition coefficient (Wildman–Crippen LogP) is 2.52. The first kappa shape index (κ1) is 8.28. The summed E-state index contributed by atoms with van der Waals surface area (Å²) in [5, 5.41) is 0. The summed E-state index contributed by atoms with van der Waals surface area (Å²) in [5.74, 6) is 3.33. The van der Waals surface area contributed by atoms with Crippen LogP contribution in [0, 0.1) is 17.8 Å². The summed E-state index contributed by atoms with van der Waals surface area (Å²) < 4.78 is 0. The fourth-order valence-electron chi connectivity index (χ4n) is 3.98. The van der Waals surface area contributed by atoms with Crippen molar-refractivity contribution in [3.05, 3.63) is 0 Å². The van der Waals surface area contributed by atoms with Crippen LogP contribution in [0.25, 0.3) is 0 Å². The lowest BCUT2D eigenvalue weighted by molar-refractivity contribution is 0.176. The fraction of sp³-hybridized carbons (Fsp3) is 1.00. The largest absolute Gasteiger partial charge is 0.303 e. The van der Waals surface area contributed by atoms with Crippen LogP contribution in [0.3, 0.4) is 0 Å². The van der Waals surface area contributed by atoms with Crippen LogP contribution in [-0.4, -0.2) is 24.5 Å². The van der Waals surface area contributed by atoms with Gasteiger partial charge in [-0.15, -0.1) is 0 Å². The van der Waals surface area contributed by atoms with Crippen molar-refractivity contribution < 1.29 is 0 Å². The van der Waals surface area contributed by atoms with E-state index in [-0.39, 0.29) is 0 Å². The molecule has 3 saturated heterocycles. The Balaban J connectivity index is 1.82. The second-order valence-corrected chi connectivity index (χ2v) is 5.35. The van der Waals surface area contributed by atoms with Gasteiger partial charge >= 0.3 is 0 Å². The van der Waals surface area contributed by atoms with Crippen molar-refractivity contribution in [2.75, 3.05) is 19.6 Å². The third-order valence-corrected chi connectivity index (χ3v) is 4.70. The molecular weight excluding hydrogens is 158 g/mol. The van der Waals surface area contributed by atoms with E-state index in [4.69, 9.17) is 0 Å². The van der Waals surface area contributed by atoms with Gasteiger partial charge in [0, 0.05) is 6.54 Å². The van der Waals surface area contributed by atoms with Crippen molar-refractivity contribution in [2.24, 2.45) is 17.8 Å². The fourth-order valence-corrected chi connectivity index (χ4v) is 3.98. The minimum Gasteiger partial charge on any atom is -0.303 e. The highest BCUT2D eigenvalue weighted by Crippen LogP contribution is 2.43. The lowest BCUT2D eigenvalue weighted by Gasteiger charge is -2.33. The second kappa shape index (κ2) is 3.27. The molecule has 3 heterocycles. The molecule has 1 saturated carbocycles. The molecule has 0 radical (unpaired) electrons. The number of hydrogen-bond donors (Lipinski definition) is 0. The summed E-state index contributed by atoms with van der Waals surface area (Å²) in [4.78, 5) is 2.73. The van der Waals surface area contributed by atoms with E-state index in [1.54, 1.807) is 6.42 Å². The van der Waals surface area contributed by atoms with Crippen LogP contribution >= 0.6 is 0 Å². The topological polar surface area (TPSA) is 3.24 Å². The molecule has 13 heavy (non-hydrogen) atoms. The summed E-state index contributed by atoms with van der Waals surface area (Å²) in [7, 11) is 0. The highest BCUT2D eigenvalue weighted by atomic mass is 15.1. The molecule has 4 fully saturated rings. The van der Waals surface area contributed by atoms with Crippen LogP contribution in [0.1, 0.15) is 38.5 Å². The van der Waals surface area contributed by atoms with E-state index in [0.29, 0.717) is 0 Å². The van der Waals surface area contributed by atoms with E-state index < -0.39 is 0 Å². The van der Waals surface area contributed by atoms with Crippen molar-refractivity contribution in [2.45, 2.75) is 38.5 Å². The van der Waals surface area contributed by atoms with E-state index in [1.807, 2.05) is 0 Å². The SMILES string of the molecule is C1CCC2C3CCN(CC3)CC2C1. The number of hydrogen-bond acceptors (Lipinski definition) is 1. The molecule has 0 aromatic carbocycles. The first-order chi connectivity index (χ1) is 6.43. The molecule has 2 bridgehead atoms. The Kier molecular flexibility index (Phi) is 2.08. The Morgan fingerprint density at radius 1 is 0.769 bits per heavy atom. The van der Waals surface area contributed by atoms with Gasteiger partial charge in [0.05, 0.1) is 0 Å². The van der Waals surface area contributed by atoms with Gasteiger partial charge in [-0.1, -0.05) is 12.8 Å². The van der Waals surface area contributed by atoms with Gasteiger partial charge < -0.3 is 4.90 Å². The highest BCUT2D eigenvalue weighted by molar-refractivity contribution is 4.90. The van der Waals surface area contributed by atoms with E-state index in [9.17, 15) is 0 Å². The zero-order chi connectivity index (χ0) is 8.67. The Labute approximate surface area is 81.5 Å². The van der Waals surface area contributed by atoms with E-state index >= 15 is 0 Å². The maximum absolute atomic E-state index is 2.73. The van der Waals surface area contributed by atoms with Gasteiger partial charge in [0.15, 0.2) is 0 Å². The van der Waals surface area contributed by atoms with Gasteiger partial charge in [-0.05, 0) is 56.5 Å². The van der Waals surface area contributed by atoms with Gasteiger partial charge in [0.2, 0.25) is 0 Å². The molecule has 2 atom stereocenters. The van der Waals surface area contributed by atoms with Crippen LogP contribution in [0.2, 0.25) is 0 Å². The van der Waals surface area contributed by atoms with Gasteiger partial charge in [-0.3, -0.25) is 0 Å². The minimum absolute atomic E-state index is 1.09. The molecule has 2 unspecified atom stereocenters. The normalized spacial score (nSPS) is 49.8. The Bertz CT molecular complexity index is 182. The molecule has 0 amide bonds. The first-order valence-corrected chi connectivity index (χ1v) is 6.16. The molecule has 1 nitrogen and oxygen atoms in total. The summed E-state index contributed by atoms with van der Waals surface area (Å²) in [6.45, 7) is 4.27. The summed E-state index contributed by atoms with van der Waals surface area (Å²) in [6.07, 6.45) is 9.17. The summed E-state index contributed by atoms with van der Waals surface area (Å²) >= 11 is 0. The minimum atomic E-state index is 1.09. The monoisotopic (exact) mass is 179 g/mol. The van der Waals surface area contributed by atoms with Crippen molar-refractivity contribution in [1.29, 1.82) is 0 Å². The van der Waals surface area contributed by atoms with Gasteiger partial charge in [-0.2, -0.15) is 0 Å². The van der Waals surface area contributed by atoms with Crippen LogP contribution < -0.4 is 0 Å². The third-order valence-electron chi connectivity index (χ3n) is 4.70. The molecule has 0 aromatic rings. The second-order valence-electron chi connectivity index (χ2n) is 5.35. The number of rotatable bonds is 0. The number of piperidine rings is 1. The highest BCUT2D eigenvalue weighted by Gasteiger charge is 2.38. The van der Waals surface area contributed by atoms with Crippen LogP contribution in [0.15, 0.2) is 0 Å². The lowest BCUT2D eigenvalue weighted by atomic mass is 9.71. The lowest BCUT2D eigenvalue weighted by Crippen LogP contribution is -2.31. The van der Waals surface area contributed by atoms with Crippen LogP contribution in [0.5, 0.6) is 0 Å². The molecule has 1 aliphatic carbocycles. The Hall–Kier alpha value is -0.0400. The molecule has 1 heteroatoms. The zero-order valence-electron chi connectivity index (χ0n) is 8.54. The molecule has 0 spiro atoms. The summed E-state index contributed by atoms with van der Waals surface area (Å²) in [5.41, 5.74) is 0. The molecule has 3 aliphatic heterocycles. The van der Waals surface area contributed by atoms with Gasteiger partial charge in [0.1, 0.15) is 0 Å². The number of nitrogens with zero attached hydrogens (tertiary/aromatic N) is 1. The molecular formula is C12H21N. The standard InChI is InChI=1S/C12H21N/c1-2-4-12-10-5-7-13(8-6-10)9-11(12)3-1/h10-12H,1-9H2. The molecule has 4 aliphatic rings. The Morgan fingerprint density at radius 3 is 2.38 bits per heavy atom. The van der Waals surface area contributed by atoms with Crippen LogP contribution in [0.4, 0.5) is 0 Å². The zero-order valence-corrected chi connectivity index (χ0v) is 8.54. The average molecular weight is 179 g/mol. The molecule has 0 N–H and O–H groups in total. The van der Waals surface area contributed by atoms with E-state index in [1.165, 1.54) is 51.7 Å². The average Bonchev–Trinajstić information content (AvgIpc) is 2.46. The third kappa shape index (κ3) is 1.41. The van der Waals surface area contributed by atoms with E-state index in [2.05, 4.69) is 4.90 Å². The Morgan fingerprint density at radius 2 is 1.54 bits per heavy atom. The van der Waals surface area contributed by atoms with Gasteiger partial charge in [-0.25, -0.2) is 0 Å². The smallest absolute Gasteiger partial charge is 0.00124 e. The maximum Gasteiger partial charge on any atom is 0.00124 e. The molecule has 74 valence electrons. The van der Waals surface area contributed by atoms with Crippen molar-refractivity contribution in [1.82, 2.24) is 4.90 Å². The molecule has 0 aromatic heterocycles. The van der Waals surface area contributed by atoms with E-state index in [0.717, 1.165) is 17.8 Å². The summed E-state index contributed by atoms with van der Waals surface area (Å²) in [6, 6.07) is 0. The van der Waals surface area contributed by atoms with Crippen LogP contribution in [-0.2, 0) is 0 Å². The number of fused-ring (bicyclic) bond motifs is 2. The molecule has 4 rings (SSSR count). The quantitative estimate of drug-likeness (QED) is 0.552. The maximum atomic E-state index is 2.73. The first-order valence-electron chi connectivity index (χ1n) is 6.16. The van der Waals surface area contributed by atoms with Gasteiger partial charge in [0.25, 0.3) is 0 Å². The predicted molar refractivity (Wildman–Crippen MR) is 54.6 cm³/mol.